The Balaban J connectivity index is 1.38. The van der Waals surface area contributed by atoms with Crippen molar-refractivity contribution in [2.24, 2.45) is 0 Å². The molecule has 3 heterocycles. The van der Waals surface area contributed by atoms with E-state index in [1.54, 1.807) is 11.3 Å². The standard InChI is InChI=1S/C27H20N2O6S/c30-27(34-14-18-11-19(29(31)32)10-17-13-33-15-35-26(17)18)24-21-5-1-2-6-23(21)28-25-16(7-8-22(24)25)12-20-4-3-9-36-20/h1-6,9-12H,7-8,13-15H2/b16-12+. The largest absolute Gasteiger partial charge is 0.467 e. The van der Waals surface area contributed by atoms with Gasteiger partial charge in [-0.2, -0.15) is 0 Å². The van der Waals surface area contributed by atoms with Gasteiger partial charge in [-0.15, -0.1) is 11.3 Å². The number of nitro groups is 1. The van der Waals surface area contributed by atoms with Gasteiger partial charge in [0.15, 0.2) is 6.79 Å². The van der Waals surface area contributed by atoms with Crippen molar-refractivity contribution in [3.8, 4) is 5.75 Å². The molecule has 0 fully saturated rings. The van der Waals surface area contributed by atoms with E-state index >= 15 is 0 Å². The van der Waals surface area contributed by atoms with Gasteiger partial charge in [-0.25, -0.2) is 9.78 Å². The fourth-order valence-corrected chi connectivity index (χ4v) is 5.45. The maximum Gasteiger partial charge on any atom is 0.339 e. The van der Waals surface area contributed by atoms with E-state index in [0.717, 1.165) is 39.0 Å². The van der Waals surface area contributed by atoms with Crippen LogP contribution in [0.15, 0.2) is 53.9 Å². The second kappa shape index (κ2) is 9.18. The number of benzene rings is 2. The Hall–Kier alpha value is -4.08. The highest BCUT2D eigenvalue weighted by molar-refractivity contribution is 7.10. The van der Waals surface area contributed by atoms with Crippen molar-refractivity contribution in [3.05, 3.63) is 96.9 Å². The van der Waals surface area contributed by atoms with Gasteiger partial charge in [0, 0.05) is 33.5 Å². The number of nitrogens with zero attached hydrogens (tertiary/aromatic N) is 2. The predicted molar refractivity (Wildman–Crippen MR) is 135 cm³/mol. The molecule has 2 aliphatic rings. The number of hydrogen-bond donors (Lipinski definition) is 0. The lowest BCUT2D eigenvalue weighted by molar-refractivity contribution is -0.385. The van der Waals surface area contributed by atoms with Crippen molar-refractivity contribution >= 4 is 45.5 Å². The van der Waals surface area contributed by atoms with Crippen molar-refractivity contribution in [2.45, 2.75) is 26.1 Å². The van der Waals surface area contributed by atoms with Crippen molar-refractivity contribution in [3.63, 3.8) is 0 Å². The summed E-state index contributed by atoms with van der Waals surface area (Å²) < 4.78 is 16.6. The number of ether oxygens (including phenoxy) is 3. The van der Waals surface area contributed by atoms with Crippen molar-refractivity contribution < 1.29 is 23.9 Å². The Bertz CT molecular complexity index is 1540. The first kappa shape index (κ1) is 22.4. The van der Waals surface area contributed by atoms with Crippen LogP contribution in [0, 0.1) is 10.1 Å². The van der Waals surface area contributed by atoms with Crippen LogP contribution in [0.1, 0.15) is 44.0 Å². The van der Waals surface area contributed by atoms with E-state index in [2.05, 4.69) is 12.1 Å². The number of fused-ring (bicyclic) bond motifs is 3. The number of thiophene rings is 1. The molecule has 0 N–H and O–H groups in total. The van der Waals surface area contributed by atoms with Crippen LogP contribution in [0.25, 0.3) is 22.6 Å². The number of hydrogen-bond acceptors (Lipinski definition) is 8. The molecule has 0 amide bonds. The molecule has 0 saturated carbocycles. The molecule has 0 spiro atoms. The van der Waals surface area contributed by atoms with Gasteiger partial charge in [0.25, 0.3) is 5.69 Å². The molecule has 36 heavy (non-hydrogen) atoms. The number of nitro benzene ring substituents is 1. The van der Waals surface area contributed by atoms with Crippen LogP contribution in [0.5, 0.6) is 5.75 Å². The Morgan fingerprint density at radius 3 is 2.92 bits per heavy atom. The zero-order valence-electron chi connectivity index (χ0n) is 19.1. The molecule has 8 nitrogen and oxygen atoms in total. The van der Waals surface area contributed by atoms with Crippen molar-refractivity contribution in [1.82, 2.24) is 4.98 Å². The van der Waals surface area contributed by atoms with Crippen LogP contribution < -0.4 is 4.74 Å². The molecule has 0 atom stereocenters. The average molecular weight is 501 g/mol. The van der Waals surface area contributed by atoms with Crippen LogP contribution in [0.4, 0.5) is 5.69 Å². The zero-order valence-corrected chi connectivity index (χ0v) is 19.9. The minimum absolute atomic E-state index is 0.0353. The number of pyridine rings is 1. The molecule has 0 radical (unpaired) electrons. The average Bonchev–Trinajstić information content (AvgIpc) is 3.56. The van der Waals surface area contributed by atoms with Gasteiger partial charge in [-0.1, -0.05) is 24.3 Å². The first-order valence-electron chi connectivity index (χ1n) is 11.4. The third kappa shape index (κ3) is 4.02. The van der Waals surface area contributed by atoms with E-state index < -0.39 is 10.9 Å². The monoisotopic (exact) mass is 500 g/mol. The van der Waals surface area contributed by atoms with E-state index in [1.807, 2.05) is 35.7 Å². The van der Waals surface area contributed by atoms with Gasteiger partial charge in [-0.3, -0.25) is 10.1 Å². The molecule has 1 aliphatic carbocycles. The zero-order chi connectivity index (χ0) is 24.6. The normalized spacial score (nSPS) is 15.4. The highest BCUT2D eigenvalue weighted by Crippen LogP contribution is 2.39. The SMILES string of the molecule is O=C(OCc1cc([N+](=O)[O-])cc2c1OCOC2)c1c2c(nc3ccccc13)/C(=C/c1cccs1)CC2. The third-order valence-corrected chi connectivity index (χ3v) is 7.17. The summed E-state index contributed by atoms with van der Waals surface area (Å²) in [5.74, 6) is -0.0276. The maximum atomic E-state index is 13.5. The topological polar surface area (TPSA) is 101 Å². The second-order valence-electron chi connectivity index (χ2n) is 8.55. The summed E-state index contributed by atoms with van der Waals surface area (Å²) in [5, 5.41) is 14.2. The Kier molecular flexibility index (Phi) is 5.71. The lowest BCUT2D eigenvalue weighted by atomic mass is 10.0. The number of aromatic nitrogens is 1. The van der Waals surface area contributed by atoms with Gasteiger partial charge in [0.1, 0.15) is 12.4 Å². The van der Waals surface area contributed by atoms with E-state index in [9.17, 15) is 14.9 Å². The second-order valence-corrected chi connectivity index (χ2v) is 9.53. The quantitative estimate of drug-likeness (QED) is 0.191. The Morgan fingerprint density at radius 1 is 1.19 bits per heavy atom. The molecule has 2 aromatic heterocycles. The summed E-state index contributed by atoms with van der Waals surface area (Å²) >= 11 is 1.65. The molecule has 0 unspecified atom stereocenters. The van der Waals surface area contributed by atoms with Crippen LogP contribution in [-0.2, 0) is 29.1 Å². The first-order valence-corrected chi connectivity index (χ1v) is 12.3. The third-order valence-electron chi connectivity index (χ3n) is 6.35. The summed E-state index contributed by atoms with van der Waals surface area (Å²) in [6.45, 7) is 0.0690. The minimum atomic E-state index is -0.491. The molecule has 0 bridgehead atoms. The summed E-state index contributed by atoms with van der Waals surface area (Å²) in [6.07, 6.45) is 3.59. The Morgan fingerprint density at radius 2 is 2.08 bits per heavy atom. The highest BCUT2D eigenvalue weighted by Gasteiger charge is 2.28. The number of carbonyl (C=O) groups excluding carboxylic acids is 1. The molecule has 6 rings (SSSR count). The van der Waals surface area contributed by atoms with Crippen molar-refractivity contribution in [1.29, 1.82) is 0 Å². The van der Waals surface area contributed by atoms with E-state index in [-0.39, 0.29) is 25.7 Å². The number of carbonyl (C=O) groups is 1. The smallest absolute Gasteiger partial charge is 0.339 e. The molecule has 9 heteroatoms. The van der Waals surface area contributed by atoms with Crippen molar-refractivity contribution in [2.75, 3.05) is 6.79 Å². The van der Waals surface area contributed by atoms with Crippen LogP contribution >= 0.6 is 11.3 Å². The first-order chi connectivity index (χ1) is 17.6. The summed E-state index contributed by atoms with van der Waals surface area (Å²) in [5.41, 5.74) is 4.88. The van der Waals surface area contributed by atoms with Crippen LogP contribution in [-0.4, -0.2) is 22.7 Å². The number of para-hydroxylation sites is 1. The summed E-state index contributed by atoms with van der Waals surface area (Å²) in [6, 6.07) is 14.4. The van der Waals surface area contributed by atoms with Gasteiger partial charge in [-0.05, 0) is 47.6 Å². The fourth-order valence-electron chi connectivity index (χ4n) is 4.77. The molecule has 180 valence electrons. The number of esters is 1. The maximum absolute atomic E-state index is 13.5. The fraction of sp³-hybridized carbons (Fsp3) is 0.185. The van der Waals surface area contributed by atoms with E-state index in [0.29, 0.717) is 28.9 Å². The molecule has 1 aliphatic heterocycles. The minimum Gasteiger partial charge on any atom is -0.467 e. The molecule has 0 saturated heterocycles. The lowest BCUT2D eigenvalue weighted by Crippen LogP contribution is -2.15. The number of allylic oxidation sites excluding steroid dienone is 1. The van der Waals surface area contributed by atoms with Gasteiger partial charge < -0.3 is 14.2 Å². The highest BCUT2D eigenvalue weighted by atomic mass is 32.1. The van der Waals surface area contributed by atoms with Gasteiger partial charge in [0.05, 0.1) is 28.3 Å². The Labute approximate surface area is 209 Å². The van der Waals surface area contributed by atoms with Gasteiger partial charge >= 0.3 is 5.97 Å². The molecular weight excluding hydrogens is 480 g/mol. The summed E-state index contributed by atoms with van der Waals surface area (Å²) in [4.78, 5) is 30.5. The molecule has 2 aromatic carbocycles. The lowest BCUT2D eigenvalue weighted by Gasteiger charge is -2.20. The molecular formula is C27H20N2O6S. The van der Waals surface area contributed by atoms with Crippen LogP contribution in [0.2, 0.25) is 0 Å². The number of rotatable bonds is 5. The van der Waals surface area contributed by atoms with E-state index in [4.69, 9.17) is 19.2 Å². The van der Waals surface area contributed by atoms with Gasteiger partial charge in [0.2, 0.25) is 0 Å². The van der Waals surface area contributed by atoms with E-state index in [1.165, 1.54) is 12.1 Å². The number of non-ortho nitro benzene ring substituents is 1. The molecule has 4 aromatic rings. The summed E-state index contributed by atoms with van der Waals surface area (Å²) in [7, 11) is 0. The van der Waals surface area contributed by atoms with Crippen LogP contribution in [0.3, 0.4) is 0 Å². The predicted octanol–water partition coefficient (Wildman–Crippen LogP) is 5.91.